The minimum atomic E-state index is -0.898. The first-order chi connectivity index (χ1) is 3.29. The Bertz CT molecular complexity index is 147. The monoisotopic (exact) mass is 121 g/mol. The van der Waals surface area contributed by atoms with Crippen LogP contribution in [0.1, 0.15) is 0 Å². The summed E-state index contributed by atoms with van der Waals surface area (Å²) in [4.78, 5) is 3.04. The van der Waals surface area contributed by atoms with Crippen LogP contribution in [0.2, 0.25) is 5.15 Å². The maximum absolute atomic E-state index is 11.6. The van der Waals surface area contributed by atoms with E-state index in [1.54, 1.807) is 0 Å². The molecule has 0 aliphatic rings. The van der Waals surface area contributed by atoms with Gasteiger partial charge in [0.1, 0.15) is 6.26 Å². The molecule has 0 aliphatic heterocycles. The van der Waals surface area contributed by atoms with Gasteiger partial charge in [-0.2, -0.15) is 4.98 Å². The Balaban J connectivity index is 3.04. The summed E-state index contributed by atoms with van der Waals surface area (Å²) in [5.74, 6) is 0. The van der Waals surface area contributed by atoms with Gasteiger partial charge in [-0.05, 0) is 0 Å². The van der Waals surface area contributed by atoms with E-state index < -0.39 is 6.14 Å². The highest BCUT2D eigenvalue weighted by atomic mass is 35.5. The van der Waals surface area contributed by atoms with Gasteiger partial charge < -0.3 is 4.42 Å². The number of rotatable bonds is 0. The van der Waals surface area contributed by atoms with Gasteiger partial charge in [-0.25, -0.2) is 0 Å². The fourth-order valence-corrected chi connectivity index (χ4v) is 0.345. The second-order valence-corrected chi connectivity index (χ2v) is 1.31. The van der Waals surface area contributed by atoms with Crippen LogP contribution in [-0.4, -0.2) is 4.98 Å². The summed E-state index contributed by atoms with van der Waals surface area (Å²) in [7, 11) is 0. The summed E-state index contributed by atoms with van der Waals surface area (Å²) in [5, 5.41) is 0.0394. The first kappa shape index (κ1) is 4.59. The quantitative estimate of drug-likeness (QED) is 0.520. The normalized spacial score (nSPS) is 9.43. The highest BCUT2D eigenvalue weighted by Gasteiger charge is 1.94. The molecule has 0 fully saturated rings. The number of aromatic nitrogens is 1. The van der Waals surface area contributed by atoms with Crippen LogP contribution in [-0.2, 0) is 0 Å². The standard InChI is InChI=1S/C3HClFNO/c4-2-1-7-3(5)6-2/h1H. The lowest BCUT2D eigenvalue weighted by Gasteiger charge is -1.62. The van der Waals surface area contributed by atoms with Crippen LogP contribution in [0.4, 0.5) is 4.39 Å². The minimum absolute atomic E-state index is 0.0394. The highest BCUT2D eigenvalue weighted by molar-refractivity contribution is 6.29. The Kier molecular flexibility index (Phi) is 0.982. The molecule has 0 aliphatic carbocycles. The van der Waals surface area contributed by atoms with Crippen molar-refractivity contribution in [3.8, 4) is 0 Å². The van der Waals surface area contributed by atoms with Crippen molar-refractivity contribution in [2.45, 2.75) is 0 Å². The first-order valence-corrected chi connectivity index (χ1v) is 1.93. The largest absolute Gasteiger partial charge is 0.422 e. The van der Waals surface area contributed by atoms with Gasteiger partial charge in [-0.1, -0.05) is 11.6 Å². The van der Waals surface area contributed by atoms with E-state index in [0.717, 1.165) is 6.26 Å². The van der Waals surface area contributed by atoms with Crippen molar-refractivity contribution in [1.29, 1.82) is 0 Å². The Labute approximate surface area is 43.9 Å². The maximum Gasteiger partial charge on any atom is 0.382 e. The molecular formula is C3HClFNO. The van der Waals surface area contributed by atoms with Crippen molar-refractivity contribution >= 4 is 11.6 Å². The maximum atomic E-state index is 11.6. The molecule has 0 amide bonds. The van der Waals surface area contributed by atoms with Gasteiger partial charge in [0.05, 0.1) is 0 Å². The summed E-state index contributed by atoms with van der Waals surface area (Å²) >= 11 is 5.12. The zero-order valence-electron chi connectivity index (χ0n) is 3.19. The van der Waals surface area contributed by atoms with Crippen LogP contribution >= 0.6 is 11.6 Å². The molecule has 1 aromatic heterocycles. The molecule has 0 N–H and O–H groups in total. The van der Waals surface area contributed by atoms with Crippen molar-refractivity contribution < 1.29 is 8.81 Å². The molecule has 0 saturated heterocycles. The number of nitrogens with zero attached hydrogens (tertiary/aromatic N) is 1. The average molecular weight is 121 g/mol. The molecular weight excluding hydrogens is 120 g/mol. The smallest absolute Gasteiger partial charge is 0.382 e. The van der Waals surface area contributed by atoms with Crippen LogP contribution in [0.25, 0.3) is 0 Å². The molecule has 2 nitrogen and oxygen atoms in total. The second kappa shape index (κ2) is 1.50. The third-order valence-electron chi connectivity index (χ3n) is 0.448. The number of hydrogen-bond acceptors (Lipinski definition) is 2. The lowest BCUT2D eigenvalue weighted by molar-refractivity contribution is 0.336. The van der Waals surface area contributed by atoms with Crippen LogP contribution in [0.15, 0.2) is 10.7 Å². The fraction of sp³-hybridized carbons (Fsp3) is 0. The van der Waals surface area contributed by atoms with Crippen molar-refractivity contribution in [3.05, 3.63) is 17.6 Å². The van der Waals surface area contributed by atoms with E-state index in [2.05, 4.69) is 9.40 Å². The van der Waals surface area contributed by atoms with Gasteiger partial charge in [0.2, 0.25) is 0 Å². The lowest BCUT2D eigenvalue weighted by atomic mass is 11.0. The van der Waals surface area contributed by atoms with E-state index >= 15 is 0 Å². The summed E-state index contributed by atoms with van der Waals surface area (Å²) in [5.41, 5.74) is 0. The molecule has 0 bridgehead atoms. The van der Waals surface area contributed by atoms with Gasteiger partial charge in [0.25, 0.3) is 0 Å². The van der Waals surface area contributed by atoms with E-state index in [1.165, 1.54) is 0 Å². The average Bonchev–Trinajstić information content (AvgIpc) is 1.87. The van der Waals surface area contributed by atoms with E-state index in [0.29, 0.717) is 0 Å². The predicted octanol–water partition coefficient (Wildman–Crippen LogP) is 1.47. The Morgan fingerprint density at radius 3 is 2.71 bits per heavy atom. The van der Waals surface area contributed by atoms with Gasteiger partial charge in [0, 0.05) is 0 Å². The van der Waals surface area contributed by atoms with Gasteiger partial charge in [-0.3, -0.25) is 0 Å². The Morgan fingerprint density at radius 1 is 1.86 bits per heavy atom. The van der Waals surface area contributed by atoms with E-state index in [1.807, 2.05) is 0 Å². The molecule has 0 spiro atoms. The van der Waals surface area contributed by atoms with E-state index in [9.17, 15) is 4.39 Å². The summed E-state index contributed by atoms with van der Waals surface area (Å²) in [6.45, 7) is 0. The fourth-order valence-electron chi connectivity index (χ4n) is 0.234. The van der Waals surface area contributed by atoms with E-state index in [-0.39, 0.29) is 5.15 Å². The minimum Gasteiger partial charge on any atom is -0.422 e. The Hall–Kier alpha value is -0.570. The molecule has 0 atom stereocenters. The van der Waals surface area contributed by atoms with Crippen molar-refractivity contribution in [3.63, 3.8) is 0 Å². The SMILES string of the molecule is Fc1nc(Cl)co1. The number of hydrogen-bond donors (Lipinski definition) is 0. The van der Waals surface area contributed by atoms with E-state index in [4.69, 9.17) is 11.6 Å². The summed E-state index contributed by atoms with van der Waals surface area (Å²) in [6, 6.07) is 0. The molecule has 0 unspecified atom stereocenters. The molecule has 0 saturated carbocycles. The van der Waals surface area contributed by atoms with Gasteiger partial charge in [0.15, 0.2) is 5.15 Å². The van der Waals surface area contributed by atoms with Crippen molar-refractivity contribution in [1.82, 2.24) is 4.98 Å². The molecule has 1 heterocycles. The molecule has 7 heavy (non-hydrogen) atoms. The van der Waals surface area contributed by atoms with Crippen LogP contribution in [0.5, 0.6) is 0 Å². The van der Waals surface area contributed by atoms with Crippen LogP contribution in [0, 0.1) is 6.14 Å². The molecule has 4 heteroatoms. The number of halogens is 2. The molecule has 1 rings (SSSR count). The molecule has 1 aromatic rings. The zero-order valence-corrected chi connectivity index (χ0v) is 3.94. The number of oxazole rings is 1. The first-order valence-electron chi connectivity index (χ1n) is 1.55. The third-order valence-corrected chi connectivity index (χ3v) is 0.622. The highest BCUT2D eigenvalue weighted by Crippen LogP contribution is 2.04. The van der Waals surface area contributed by atoms with Crippen LogP contribution < -0.4 is 0 Å². The summed E-state index contributed by atoms with van der Waals surface area (Å²) in [6.07, 6.45) is 0.127. The van der Waals surface area contributed by atoms with Gasteiger partial charge >= 0.3 is 6.14 Å². The van der Waals surface area contributed by atoms with Crippen molar-refractivity contribution in [2.75, 3.05) is 0 Å². The second-order valence-electron chi connectivity index (χ2n) is 0.923. The zero-order chi connectivity index (χ0) is 5.28. The molecule has 38 valence electrons. The molecule has 0 aromatic carbocycles. The van der Waals surface area contributed by atoms with Crippen molar-refractivity contribution in [2.24, 2.45) is 0 Å². The summed E-state index contributed by atoms with van der Waals surface area (Å²) < 4.78 is 15.6. The lowest BCUT2D eigenvalue weighted by Crippen LogP contribution is -1.64. The van der Waals surface area contributed by atoms with Crippen LogP contribution in [0.3, 0.4) is 0 Å². The topological polar surface area (TPSA) is 26.0 Å². The van der Waals surface area contributed by atoms with Gasteiger partial charge in [-0.15, -0.1) is 4.39 Å². The third kappa shape index (κ3) is 0.899. The molecule has 0 radical (unpaired) electrons. The predicted molar refractivity (Wildman–Crippen MR) is 21.5 cm³/mol. The Morgan fingerprint density at radius 2 is 2.57 bits per heavy atom.